The van der Waals surface area contributed by atoms with Gasteiger partial charge in [-0.15, -0.1) is 0 Å². The summed E-state index contributed by atoms with van der Waals surface area (Å²) in [4.78, 5) is 10.4. The zero-order valence-electron chi connectivity index (χ0n) is 14.3. The molecule has 0 saturated heterocycles. The molecule has 0 saturated carbocycles. The maximum Gasteiger partial charge on any atom is 0.416 e. The third-order valence-corrected chi connectivity index (χ3v) is 3.58. The molecule has 1 aromatic heterocycles. The number of hydrogen-bond acceptors (Lipinski definition) is 2. The number of halogens is 3. The molecule has 0 aliphatic carbocycles. The monoisotopic (exact) mass is 353 g/mol. The van der Waals surface area contributed by atoms with E-state index in [4.69, 9.17) is 0 Å². The van der Waals surface area contributed by atoms with Crippen molar-refractivity contribution in [2.24, 2.45) is 4.99 Å². The lowest BCUT2D eigenvalue weighted by molar-refractivity contribution is -0.137. The van der Waals surface area contributed by atoms with Crippen LogP contribution in [-0.4, -0.2) is 40.5 Å². The van der Waals surface area contributed by atoms with Crippen molar-refractivity contribution in [3.05, 3.63) is 54.1 Å². The van der Waals surface area contributed by atoms with Crippen LogP contribution >= 0.6 is 0 Å². The lowest BCUT2D eigenvalue weighted by Crippen LogP contribution is -2.38. The molecule has 0 unspecified atom stereocenters. The van der Waals surface area contributed by atoms with Gasteiger partial charge in [-0.3, -0.25) is 4.99 Å². The molecule has 0 fully saturated rings. The Labute approximate surface area is 145 Å². The Balaban J connectivity index is 1.97. The Morgan fingerprint density at radius 2 is 2.00 bits per heavy atom. The summed E-state index contributed by atoms with van der Waals surface area (Å²) in [5.74, 6) is 0.711. The van der Waals surface area contributed by atoms with Crippen LogP contribution in [0.2, 0.25) is 0 Å². The molecule has 0 atom stereocenters. The van der Waals surface area contributed by atoms with E-state index in [9.17, 15) is 13.2 Å². The number of alkyl halides is 3. The third kappa shape index (κ3) is 5.81. The van der Waals surface area contributed by atoms with E-state index in [0.29, 0.717) is 32.1 Å². The molecular formula is C17H22F3N5. The molecule has 0 amide bonds. The quantitative estimate of drug-likeness (QED) is 0.641. The fourth-order valence-corrected chi connectivity index (χ4v) is 2.31. The van der Waals surface area contributed by atoms with Crippen LogP contribution in [0.5, 0.6) is 0 Å². The molecule has 2 aromatic rings. The summed E-state index contributed by atoms with van der Waals surface area (Å²) < 4.78 is 39.8. The van der Waals surface area contributed by atoms with Gasteiger partial charge in [0, 0.05) is 39.1 Å². The van der Waals surface area contributed by atoms with Gasteiger partial charge in [0.1, 0.15) is 0 Å². The number of rotatable bonds is 6. The fourth-order valence-electron chi connectivity index (χ4n) is 2.31. The second-order valence-corrected chi connectivity index (χ2v) is 5.59. The molecule has 8 heteroatoms. The molecule has 136 valence electrons. The van der Waals surface area contributed by atoms with Crippen molar-refractivity contribution in [1.29, 1.82) is 0 Å². The van der Waals surface area contributed by atoms with Crippen molar-refractivity contribution in [3.63, 3.8) is 0 Å². The van der Waals surface area contributed by atoms with Gasteiger partial charge in [0.2, 0.25) is 0 Å². The second-order valence-electron chi connectivity index (χ2n) is 5.59. The van der Waals surface area contributed by atoms with Gasteiger partial charge in [-0.1, -0.05) is 12.1 Å². The summed E-state index contributed by atoms with van der Waals surface area (Å²) in [7, 11) is 1.86. The minimum atomic E-state index is -4.31. The summed E-state index contributed by atoms with van der Waals surface area (Å²) in [6, 6.07) is 5.20. The van der Waals surface area contributed by atoms with Crippen molar-refractivity contribution in [2.75, 3.05) is 20.1 Å². The first-order chi connectivity index (χ1) is 11.9. The molecule has 0 spiro atoms. The number of imidazole rings is 1. The maximum atomic E-state index is 12.6. The van der Waals surface area contributed by atoms with Gasteiger partial charge in [0.15, 0.2) is 5.96 Å². The number of aliphatic imine (C=N–C) groups is 1. The zero-order valence-corrected chi connectivity index (χ0v) is 14.3. The molecule has 1 aromatic carbocycles. The van der Waals surface area contributed by atoms with E-state index in [1.165, 1.54) is 12.1 Å². The molecule has 5 nitrogen and oxygen atoms in total. The normalized spacial score (nSPS) is 12.3. The number of benzene rings is 1. The first kappa shape index (κ1) is 18.8. The van der Waals surface area contributed by atoms with Gasteiger partial charge >= 0.3 is 6.18 Å². The van der Waals surface area contributed by atoms with Crippen molar-refractivity contribution < 1.29 is 13.2 Å². The highest BCUT2D eigenvalue weighted by molar-refractivity contribution is 5.79. The van der Waals surface area contributed by atoms with Crippen LogP contribution in [0.1, 0.15) is 18.1 Å². The van der Waals surface area contributed by atoms with Gasteiger partial charge < -0.3 is 14.8 Å². The highest BCUT2D eigenvalue weighted by Crippen LogP contribution is 2.29. The zero-order chi connectivity index (χ0) is 18.3. The number of aromatic nitrogens is 2. The van der Waals surface area contributed by atoms with Crippen LogP contribution in [0, 0.1) is 0 Å². The first-order valence-corrected chi connectivity index (χ1v) is 8.01. The Kier molecular flexibility index (Phi) is 6.44. The van der Waals surface area contributed by atoms with Crippen LogP contribution in [0.4, 0.5) is 13.2 Å². The Morgan fingerprint density at radius 1 is 1.28 bits per heavy atom. The number of nitrogens with zero attached hydrogens (tertiary/aromatic N) is 4. The van der Waals surface area contributed by atoms with Crippen LogP contribution in [0.25, 0.3) is 0 Å². The minimum absolute atomic E-state index is 0.467. The molecular weight excluding hydrogens is 331 g/mol. The van der Waals surface area contributed by atoms with E-state index in [1.54, 1.807) is 12.5 Å². The van der Waals surface area contributed by atoms with E-state index in [-0.39, 0.29) is 0 Å². The molecule has 0 aliphatic rings. The summed E-state index contributed by atoms with van der Waals surface area (Å²) in [6.07, 6.45) is 1.00. The predicted octanol–water partition coefficient (Wildman–Crippen LogP) is 3.00. The topological polar surface area (TPSA) is 45.5 Å². The summed E-state index contributed by atoms with van der Waals surface area (Å²) in [5, 5.41) is 3.19. The third-order valence-electron chi connectivity index (χ3n) is 3.58. The second kappa shape index (κ2) is 8.55. The van der Waals surface area contributed by atoms with Crippen LogP contribution in [-0.2, 0) is 19.3 Å². The largest absolute Gasteiger partial charge is 0.416 e. The van der Waals surface area contributed by atoms with Crippen molar-refractivity contribution in [2.45, 2.75) is 26.2 Å². The minimum Gasteiger partial charge on any atom is -0.357 e. The van der Waals surface area contributed by atoms with E-state index in [2.05, 4.69) is 15.3 Å². The van der Waals surface area contributed by atoms with E-state index < -0.39 is 11.7 Å². The molecule has 2 rings (SSSR count). The first-order valence-electron chi connectivity index (χ1n) is 8.01. The van der Waals surface area contributed by atoms with Crippen LogP contribution in [0.15, 0.2) is 48.0 Å². The summed E-state index contributed by atoms with van der Waals surface area (Å²) >= 11 is 0. The Morgan fingerprint density at radius 3 is 2.56 bits per heavy atom. The lowest BCUT2D eigenvalue weighted by Gasteiger charge is -2.22. The molecule has 0 radical (unpaired) electrons. The molecule has 0 aliphatic heterocycles. The predicted molar refractivity (Wildman–Crippen MR) is 91.1 cm³/mol. The van der Waals surface area contributed by atoms with Gasteiger partial charge in [0.05, 0.1) is 18.4 Å². The van der Waals surface area contributed by atoms with Crippen molar-refractivity contribution in [1.82, 2.24) is 19.8 Å². The molecule has 1 heterocycles. The van der Waals surface area contributed by atoms with Crippen molar-refractivity contribution >= 4 is 5.96 Å². The van der Waals surface area contributed by atoms with Crippen LogP contribution in [0.3, 0.4) is 0 Å². The van der Waals surface area contributed by atoms with E-state index in [0.717, 1.165) is 17.7 Å². The lowest BCUT2D eigenvalue weighted by atomic mass is 10.1. The van der Waals surface area contributed by atoms with Gasteiger partial charge in [-0.05, 0) is 24.6 Å². The smallest absolute Gasteiger partial charge is 0.357 e. The molecule has 1 N–H and O–H groups in total. The Hall–Kier alpha value is -2.51. The standard InChI is InChI=1S/C17H22F3N5/c1-3-22-16(23-9-11-25-10-8-21-13-25)24(2)12-14-4-6-15(7-5-14)17(18,19)20/h4-8,10,13H,3,9,11-12H2,1-2H3,(H,22,23). The molecule has 0 bridgehead atoms. The van der Waals surface area contributed by atoms with Gasteiger partial charge in [-0.2, -0.15) is 13.2 Å². The SMILES string of the molecule is CCNC(=NCCn1ccnc1)N(C)Cc1ccc(C(F)(F)F)cc1. The van der Waals surface area contributed by atoms with Crippen LogP contribution < -0.4 is 5.32 Å². The highest BCUT2D eigenvalue weighted by atomic mass is 19.4. The van der Waals surface area contributed by atoms with E-state index >= 15 is 0 Å². The van der Waals surface area contributed by atoms with Crippen molar-refractivity contribution in [3.8, 4) is 0 Å². The average Bonchev–Trinajstić information content (AvgIpc) is 3.07. The number of guanidine groups is 1. The molecule has 25 heavy (non-hydrogen) atoms. The van der Waals surface area contributed by atoms with Gasteiger partial charge in [-0.25, -0.2) is 4.98 Å². The fraction of sp³-hybridized carbons (Fsp3) is 0.412. The van der Waals surface area contributed by atoms with E-state index in [1.807, 2.05) is 29.6 Å². The maximum absolute atomic E-state index is 12.6. The number of nitrogens with one attached hydrogen (secondary N) is 1. The highest BCUT2D eigenvalue weighted by Gasteiger charge is 2.29. The Bertz CT molecular complexity index is 663. The number of hydrogen-bond donors (Lipinski definition) is 1. The summed E-state index contributed by atoms with van der Waals surface area (Å²) in [6.45, 7) is 4.44. The summed E-state index contributed by atoms with van der Waals surface area (Å²) in [5.41, 5.74) is 0.149. The average molecular weight is 353 g/mol. The van der Waals surface area contributed by atoms with Gasteiger partial charge in [0.25, 0.3) is 0 Å².